The molecule has 13 heavy (non-hydrogen) atoms. The first-order chi connectivity index (χ1) is 5.58. The Bertz CT molecular complexity index is 346. The van der Waals surface area contributed by atoms with Gasteiger partial charge in [-0.15, -0.1) is 0 Å². The van der Waals surface area contributed by atoms with Gasteiger partial charge in [0.1, 0.15) is 0 Å². The average Bonchev–Trinajstić information content (AvgIpc) is 2.02. The summed E-state index contributed by atoms with van der Waals surface area (Å²) in [7, 11) is -4.11. The first-order valence-electron chi connectivity index (χ1n) is 2.92. The summed E-state index contributed by atoms with van der Waals surface area (Å²) in [6.45, 7) is 0. The summed E-state index contributed by atoms with van der Waals surface area (Å²) >= 11 is 0. The van der Waals surface area contributed by atoms with Gasteiger partial charge >= 0.3 is 39.7 Å². The topological polar surface area (TPSA) is 89.4 Å². The molecule has 1 aromatic rings. The predicted octanol–water partition coefficient (Wildman–Crippen LogP) is -3.18. The van der Waals surface area contributed by atoms with Crippen LogP contribution in [0, 0.1) is 0 Å². The molecule has 1 N–H and O–H groups in total. The van der Waals surface area contributed by atoms with Crippen LogP contribution in [0.2, 0.25) is 0 Å². The van der Waals surface area contributed by atoms with Crippen molar-refractivity contribution >= 4 is 10.1 Å². The maximum absolute atomic E-state index is 10.2. The molecule has 0 fully saturated rings. The van der Waals surface area contributed by atoms with Crippen molar-refractivity contribution in [3.05, 3.63) is 18.6 Å². The molecule has 0 atom stereocenters. The van der Waals surface area contributed by atoms with Gasteiger partial charge in [-0.25, -0.2) is 4.98 Å². The van der Waals surface area contributed by atoms with E-state index in [-0.39, 0.29) is 36.9 Å². The van der Waals surface area contributed by atoms with E-state index in [1.165, 1.54) is 18.6 Å². The van der Waals surface area contributed by atoms with Crippen LogP contribution in [-0.2, 0) is 10.1 Å². The largest absolute Gasteiger partial charge is 1.00 e. The van der Waals surface area contributed by atoms with Gasteiger partial charge in [0.25, 0.3) is 0 Å². The molecule has 0 saturated heterocycles. The Kier molecular flexibility index (Phi) is 5.42. The first kappa shape index (κ1) is 12.8. The van der Waals surface area contributed by atoms with E-state index >= 15 is 0 Å². The van der Waals surface area contributed by atoms with Crippen LogP contribution in [0.25, 0.3) is 0 Å². The minimum atomic E-state index is -4.11. The number of hydrogen-bond donors (Lipinski definition) is 1. The van der Waals surface area contributed by atoms with E-state index in [0.29, 0.717) is 0 Å². The molecule has 0 radical (unpaired) electrons. The molecule has 6 nitrogen and oxygen atoms in total. The molecule has 0 aliphatic carbocycles. The molecule has 8 heteroatoms. The Hall–Kier alpha value is -0.210. The van der Waals surface area contributed by atoms with Crippen LogP contribution in [-0.4, -0.2) is 28.9 Å². The van der Waals surface area contributed by atoms with E-state index in [4.69, 9.17) is 4.55 Å². The zero-order chi connectivity index (χ0) is 9.03. The molecule has 0 spiro atoms. The van der Waals surface area contributed by atoms with Crippen LogP contribution >= 0.6 is 0 Å². The van der Waals surface area contributed by atoms with Gasteiger partial charge in [-0.2, -0.15) is 8.42 Å². The van der Waals surface area contributed by atoms with E-state index in [2.05, 4.69) is 14.7 Å². The SMILES string of the molecule is O=S(=O)(O)COc1cnccn1.[H-].[Na+]. The molecular weight excluding hydrogens is 207 g/mol. The number of nitrogens with zero attached hydrogens (tertiary/aromatic N) is 2. The number of aromatic nitrogens is 2. The Labute approximate surface area is 98.9 Å². The molecule has 68 valence electrons. The van der Waals surface area contributed by atoms with E-state index in [1.54, 1.807) is 0 Å². The summed E-state index contributed by atoms with van der Waals surface area (Å²) in [5.74, 6) is -0.763. The molecule has 1 aromatic heterocycles. The van der Waals surface area contributed by atoms with Crippen molar-refractivity contribution in [3.63, 3.8) is 0 Å². The third kappa shape index (κ3) is 5.94. The Morgan fingerprint density at radius 2 is 2.23 bits per heavy atom. The summed E-state index contributed by atoms with van der Waals surface area (Å²) in [6.07, 6.45) is 4.00. The van der Waals surface area contributed by atoms with Gasteiger partial charge in [0.15, 0.2) is 0 Å². The minimum Gasteiger partial charge on any atom is -1.00 e. The van der Waals surface area contributed by atoms with E-state index < -0.39 is 16.1 Å². The van der Waals surface area contributed by atoms with E-state index in [1.807, 2.05) is 0 Å². The maximum atomic E-state index is 10.2. The molecule has 0 saturated carbocycles. The quantitative estimate of drug-likeness (QED) is 0.421. The maximum Gasteiger partial charge on any atom is 1.00 e. The summed E-state index contributed by atoms with van der Waals surface area (Å²) in [6, 6.07) is 0. The van der Waals surface area contributed by atoms with Gasteiger partial charge in [-0.1, -0.05) is 0 Å². The third-order valence-electron chi connectivity index (χ3n) is 0.895. The van der Waals surface area contributed by atoms with Crippen molar-refractivity contribution < 1.29 is 48.7 Å². The standard InChI is InChI=1S/C5H6N2O4S.Na.H/c8-12(9,10)4-11-5-3-6-1-2-7-5;;/h1-3H,4H2,(H,8,9,10);;/q;+1;-1. The second-order valence-electron chi connectivity index (χ2n) is 1.89. The van der Waals surface area contributed by atoms with Crippen molar-refractivity contribution in [2.45, 2.75) is 0 Å². The van der Waals surface area contributed by atoms with Crippen LogP contribution in [0.1, 0.15) is 1.43 Å². The molecule has 0 unspecified atom stereocenters. The molecule has 0 bridgehead atoms. The van der Waals surface area contributed by atoms with Crippen molar-refractivity contribution in [2.75, 3.05) is 5.94 Å². The Morgan fingerprint density at radius 3 is 2.69 bits per heavy atom. The van der Waals surface area contributed by atoms with Crippen molar-refractivity contribution in [1.29, 1.82) is 0 Å². The fraction of sp³-hybridized carbons (Fsp3) is 0.200. The zero-order valence-corrected chi connectivity index (χ0v) is 9.73. The Balaban J connectivity index is 0. The number of rotatable bonds is 3. The second-order valence-corrected chi connectivity index (χ2v) is 3.29. The van der Waals surface area contributed by atoms with Gasteiger partial charge in [-0.05, 0) is 0 Å². The third-order valence-corrected chi connectivity index (χ3v) is 1.31. The van der Waals surface area contributed by atoms with Crippen molar-refractivity contribution in [1.82, 2.24) is 9.97 Å². The minimum absolute atomic E-state index is 0. The second kappa shape index (κ2) is 5.51. The summed E-state index contributed by atoms with van der Waals surface area (Å²) in [5, 5.41) is 0. The summed E-state index contributed by atoms with van der Waals surface area (Å²) in [5.41, 5.74) is 0. The predicted molar refractivity (Wildman–Crippen MR) is 40.2 cm³/mol. The van der Waals surface area contributed by atoms with Crippen LogP contribution in [0.15, 0.2) is 18.6 Å². The van der Waals surface area contributed by atoms with Crippen LogP contribution in [0.4, 0.5) is 0 Å². The average molecular weight is 214 g/mol. The molecular formula is C5H7N2NaO4S. The molecule has 0 aliphatic rings. The van der Waals surface area contributed by atoms with Crippen LogP contribution < -0.4 is 34.3 Å². The fourth-order valence-electron chi connectivity index (χ4n) is 0.495. The van der Waals surface area contributed by atoms with Crippen molar-refractivity contribution in [2.24, 2.45) is 0 Å². The molecule has 1 heterocycles. The van der Waals surface area contributed by atoms with Crippen molar-refractivity contribution in [3.8, 4) is 5.88 Å². The molecule has 0 amide bonds. The van der Waals surface area contributed by atoms with Gasteiger partial charge < -0.3 is 6.16 Å². The monoisotopic (exact) mass is 214 g/mol. The first-order valence-corrected chi connectivity index (χ1v) is 4.53. The van der Waals surface area contributed by atoms with E-state index in [9.17, 15) is 8.42 Å². The molecule has 0 aliphatic heterocycles. The van der Waals surface area contributed by atoms with Gasteiger partial charge in [0.05, 0.1) is 6.20 Å². The van der Waals surface area contributed by atoms with Gasteiger partial charge in [-0.3, -0.25) is 9.54 Å². The van der Waals surface area contributed by atoms with E-state index in [0.717, 1.165) is 0 Å². The summed E-state index contributed by atoms with van der Waals surface area (Å²) < 4.78 is 33.2. The smallest absolute Gasteiger partial charge is 1.00 e. The molecule has 0 aromatic carbocycles. The fourth-order valence-corrected chi connectivity index (χ4v) is 0.764. The van der Waals surface area contributed by atoms with Crippen LogP contribution in [0.3, 0.4) is 0 Å². The molecule has 1 rings (SSSR count). The summed E-state index contributed by atoms with van der Waals surface area (Å²) in [4.78, 5) is 7.24. The Morgan fingerprint density at radius 1 is 1.54 bits per heavy atom. The number of hydrogen-bond acceptors (Lipinski definition) is 5. The number of ether oxygens (including phenoxy) is 1. The zero-order valence-electron chi connectivity index (χ0n) is 7.91. The van der Waals surface area contributed by atoms with Gasteiger partial charge in [0, 0.05) is 12.4 Å². The normalized spacial score (nSPS) is 10.2. The van der Waals surface area contributed by atoms with Gasteiger partial charge in [0.2, 0.25) is 11.8 Å². The van der Waals surface area contributed by atoms with Crippen LogP contribution in [0.5, 0.6) is 5.88 Å².